The molecule has 0 bridgehead atoms. The maximum Gasteiger partial charge on any atom is 0.0349 e. The van der Waals surface area contributed by atoms with Crippen molar-refractivity contribution < 1.29 is 0 Å². The zero-order valence-corrected chi connectivity index (χ0v) is 12.5. The molecule has 0 aliphatic rings. The van der Waals surface area contributed by atoms with Crippen LogP contribution in [0.25, 0.3) is 0 Å². The van der Waals surface area contributed by atoms with Crippen LogP contribution in [0.1, 0.15) is 71.3 Å². The average molecular weight is 247 g/mol. The minimum absolute atomic E-state index is 0.414. The second-order valence-electron chi connectivity index (χ2n) is 6.23. The fourth-order valence-electron chi connectivity index (χ4n) is 3.04. The normalized spacial score (nSPS) is 13.6. The zero-order valence-electron chi connectivity index (χ0n) is 12.5. The lowest BCUT2D eigenvalue weighted by Gasteiger charge is -2.30. The molecule has 0 radical (unpaired) electrons. The standard InChI is InChI=1S/C17H29N/c1-5-9-14(13-17(3,4)12-6-2)15-10-7-8-11-16(15)18/h7-8,10-11,14H,5-6,9,12-13,18H2,1-4H3. The highest BCUT2D eigenvalue weighted by atomic mass is 14.6. The van der Waals surface area contributed by atoms with Gasteiger partial charge in [-0.2, -0.15) is 0 Å². The van der Waals surface area contributed by atoms with Crippen LogP contribution in [-0.4, -0.2) is 0 Å². The monoisotopic (exact) mass is 247 g/mol. The van der Waals surface area contributed by atoms with Crippen LogP contribution in [0.3, 0.4) is 0 Å². The van der Waals surface area contributed by atoms with Crippen molar-refractivity contribution in [1.82, 2.24) is 0 Å². The fraction of sp³-hybridized carbons (Fsp3) is 0.647. The minimum atomic E-state index is 0.414. The topological polar surface area (TPSA) is 26.0 Å². The summed E-state index contributed by atoms with van der Waals surface area (Å²) in [6, 6.07) is 8.38. The Balaban J connectivity index is 2.86. The zero-order chi connectivity index (χ0) is 13.6. The predicted molar refractivity (Wildman–Crippen MR) is 81.8 cm³/mol. The summed E-state index contributed by atoms with van der Waals surface area (Å²) in [4.78, 5) is 0. The lowest BCUT2D eigenvalue weighted by atomic mass is 9.75. The van der Waals surface area contributed by atoms with E-state index in [1.165, 1.54) is 37.7 Å². The molecule has 1 rings (SSSR count). The second-order valence-corrected chi connectivity index (χ2v) is 6.23. The number of nitrogens with two attached hydrogens (primary N) is 1. The molecule has 18 heavy (non-hydrogen) atoms. The number of benzene rings is 1. The Morgan fingerprint density at radius 2 is 1.78 bits per heavy atom. The van der Waals surface area contributed by atoms with Crippen LogP contribution in [0.2, 0.25) is 0 Å². The third-order valence-corrected chi connectivity index (χ3v) is 3.80. The van der Waals surface area contributed by atoms with Gasteiger partial charge in [-0.15, -0.1) is 0 Å². The van der Waals surface area contributed by atoms with E-state index in [9.17, 15) is 0 Å². The van der Waals surface area contributed by atoms with E-state index in [2.05, 4.69) is 39.8 Å². The molecule has 1 atom stereocenters. The number of anilines is 1. The van der Waals surface area contributed by atoms with Crippen molar-refractivity contribution in [3.8, 4) is 0 Å². The van der Waals surface area contributed by atoms with Crippen molar-refractivity contribution in [2.45, 2.75) is 65.7 Å². The Labute approximate surface area is 113 Å². The minimum Gasteiger partial charge on any atom is -0.398 e. The van der Waals surface area contributed by atoms with Crippen molar-refractivity contribution in [3.63, 3.8) is 0 Å². The maximum absolute atomic E-state index is 6.14. The van der Waals surface area contributed by atoms with Crippen LogP contribution >= 0.6 is 0 Å². The van der Waals surface area contributed by atoms with Gasteiger partial charge >= 0.3 is 0 Å². The first-order valence-electron chi connectivity index (χ1n) is 7.34. The maximum atomic E-state index is 6.14. The average Bonchev–Trinajstić information content (AvgIpc) is 2.28. The van der Waals surface area contributed by atoms with E-state index < -0.39 is 0 Å². The molecule has 0 amide bonds. The van der Waals surface area contributed by atoms with Crippen molar-refractivity contribution in [1.29, 1.82) is 0 Å². The van der Waals surface area contributed by atoms with Gasteiger partial charge in [-0.05, 0) is 42.2 Å². The number of para-hydroxylation sites is 1. The number of hydrogen-bond acceptors (Lipinski definition) is 1. The van der Waals surface area contributed by atoms with Crippen molar-refractivity contribution in [2.24, 2.45) is 5.41 Å². The first-order chi connectivity index (χ1) is 8.50. The molecule has 0 aliphatic carbocycles. The van der Waals surface area contributed by atoms with Gasteiger partial charge in [-0.3, -0.25) is 0 Å². The highest BCUT2D eigenvalue weighted by Gasteiger charge is 2.24. The third kappa shape index (κ3) is 4.36. The first-order valence-corrected chi connectivity index (χ1v) is 7.34. The molecule has 0 saturated carbocycles. The van der Waals surface area contributed by atoms with Gasteiger partial charge in [0.15, 0.2) is 0 Å². The number of nitrogen functional groups attached to an aromatic ring is 1. The molecule has 2 N–H and O–H groups in total. The summed E-state index contributed by atoms with van der Waals surface area (Å²) in [6.45, 7) is 9.31. The van der Waals surface area contributed by atoms with Crippen LogP contribution in [0.4, 0.5) is 5.69 Å². The van der Waals surface area contributed by atoms with Crippen molar-refractivity contribution >= 4 is 5.69 Å². The fourth-order valence-corrected chi connectivity index (χ4v) is 3.04. The Kier molecular flexibility index (Phi) is 5.71. The van der Waals surface area contributed by atoms with E-state index in [1.807, 2.05) is 12.1 Å². The largest absolute Gasteiger partial charge is 0.398 e. The van der Waals surface area contributed by atoms with Gasteiger partial charge < -0.3 is 5.73 Å². The molecule has 0 heterocycles. The molecule has 1 aromatic rings. The molecular formula is C17H29N. The molecular weight excluding hydrogens is 218 g/mol. The van der Waals surface area contributed by atoms with E-state index >= 15 is 0 Å². The molecule has 0 aromatic heterocycles. The Morgan fingerprint density at radius 3 is 2.33 bits per heavy atom. The second kappa shape index (κ2) is 6.82. The molecule has 1 aromatic carbocycles. The van der Waals surface area contributed by atoms with Crippen LogP contribution < -0.4 is 5.73 Å². The molecule has 0 saturated heterocycles. The molecule has 0 fully saturated rings. The van der Waals surface area contributed by atoms with Gasteiger partial charge in [0.1, 0.15) is 0 Å². The number of hydrogen-bond donors (Lipinski definition) is 1. The Bertz CT molecular complexity index is 354. The highest BCUT2D eigenvalue weighted by molar-refractivity contribution is 5.48. The van der Waals surface area contributed by atoms with Gasteiger partial charge in [-0.25, -0.2) is 0 Å². The summed E-state index contributed by atoms with van der Waals surface area (Å²) in [7, 11) is 0. The van der Waals surface area contributed by atoms with Gasteiger partial charge in [0.2, 0.25) is 0 Å². The van der Waals surface area contributed by atoms with Crippen LogP contribution in [0.15, 0.2) is 24.3 Å². The summed E-state index contributed by atoms with van der Waals surface area (Å²) in [6.07, 6.45) is 6.25. The Hall–Kier alpha value is -0.980. The van der Waals surface area contributed by atoms with E-state index in [1.54, 1.807) is 0 Å². The predicted octanol–water partition coefficient (Wildman–Crippen LogP) is 5.37. The molecule has 1 unspecified atom stereocenters. The molecule has 0 aliphatic heterocycles. The molecule has 0 spiro atoms. The van der Waals surface area contributed by atoms with Crippen molar-refractivity contribution in [3.05, 3.63) is 29.8 Å². The Morgan fingerprint density at radius 1 is 1.11 bits per heavy atom. The summed E-state index contributed by atoms with van der Waals surface area (Å²) in [5.74, 6) is 0.609. The van der Waals surface area contributed by atoms with Crippen LogP contribution in [0, 0.1) is 5.41 Å². The van der Waals surface area contributed by atoms with E-state index in [4.69, 9.17) is 5.73 Å². The first kappa shape index (κ1) is 15.1. The van der Waals surface area contributed by atoms with E-state index in [0.29, 0.717) is 11.3 Å². The molecule has 1 nitrogen and oxygen atoms in total. The van der Waals surface area contributed by atoms with Gasteiger partial charge in [0, 0.05) is 5.69 Å². The number of rotatable bonds is 7. The van der Waals surface area contributed by atoms with Gasteiger partial charge in [0.05, 0.1) is 0 Å². The molecule has 102 valence electrons. The van der Waals surface area contributed by atoms with E-state index in [-0.39, 0.29) is 0 Å². The van der Waals surface area contributed by atoms with Crippen molar-refractivity contribution in [2.75, 3.05) is 5.73 Å². The summed E-state index contributed by atoms with van der Waals surface area (Å²) < 4.78 is 0. The summed E-state index contributed by atoms with van der Waals surface area (Å²) >= 11 is 0. The van der Waals surface area contributed by atoms with Gasteiger partial charge in [0.25, 0.3) is 0 Å². The summed E-state index contributed by atoms with van der Waals surface area (Å²) in [5.41, 5.74) is 8.87. The lowest BCUT2D eigenvalue weighted by molar-refractivity contribution is 0.272. The quantitative estimate of drug-likeness (QED) is 0.644. The summed E-state index contributed by atoms with van der Waals surface area (Å²) in [5, 5.41) is 0. The van der Waals surface area contributed by atoms with Gasteiger partial charge in [-0.1, -0.05) is 58.7 Å². The third-order valence-electron chi connectivity index (χ3n) is 3.80. The smallest absolute Gasteiger partial charge is 0.0349 e. The SMILES string of the molecule is CCCC(CC(C)(C)CCC)c1ccccc1N. The van der Waals surface area contributed by atoms with Crippen LogP contribution in [-0.2, 0) is 0 Å². The highest BCUT2D eigenvalue weighted by Crippen LogP contribution is 2.39. The lowest BCUT2D eigenvalue weighted by Crippen LogP contribution is -2.17. The van der Waals surface area contributed by atoms with E-state index in [0.717, 1.165) is 5.69 Å². The molecule has 1 heteroatoms. The van der Waals surface area contributed by atoms with Crippen LogP contribution in [0.5, 0.6) is 0 Å².